The van der Waals surface area contributed by atoms with Gasteiger partial charge in [0.2, 0.25) is 0 Å². The van der Waals surface area contributed by atoms with Crippen molar-refractivity contribution in [2.45, 2.75) is 52.1 Å². The molecule has 0 aliphatic heterocycles. The lowest BCUT2D eigenvalue weighted by molar-refractivity contribution is 0.148. The van der Waals surface area contributed by atoms with E-state index < -0.39 is 12.0 Å². The topological polar surface area (TPSA) is 62.5 Å². The number of benzene rings is 1. The highest BCUT2D eigenvalue weighted by molar-refractivity contribution is 5.45. The lowest BCUT2D eigenvalue weighted by atomic mass is 9.91. The standard InChI is InChI=1S/C17H25NO3/c1-4-7-8-15(19)14(12-18)13-9-10-16(20-5-2)17(11-13)21-6-3/h9-11,14-15,19H,4-8H2,1-3H3. The van der Waals surface area contributed by atoms with Crippen LogP contribution >= 0.6 is 0 Å². The fourth-order valence-electron chi connectivity index (χ4n) is 2.22. The van der Waals surface area contributed by atoms with Crippen molar-refractivity contribution in [1.29, 1.82) is 5.26 Å². The summed E-state index contributed by atoms with van der Waals surface area (Å²) in [5.41, 5.74) is 0.771. The van der Waals surface area contributed by atoms with E-state index in [1.807, 2.05) is 19.9 Å². The molecule has 1 aromatic carbocycles. The third-order valence-electron chi connectivity index (χ3n) is 3.30. The summed E-state index contributed by atoms with van der Waals surface area (Å²) in [4.78, 5) is 0. The maximum absolute atomic E-state index is 10.2. The van der Waals surface area contributed by atoms with Gasteiger partial charge in [-0.2, -0.15) is 5.26 Å². The Bertz CT molecular complexity index is 468. The van der Waals surface area contributed by atoms with E-state index >= 15 is 0 Å². The molecule has 0 saturated carbocycles. The van der Waals surface area contributed by atoms with Crippen LogP contribution in [0.5, 0.6) is 11.5 Å². The van der Waals surface area contributed by atoms with Crippen molar-refractivity contribution in [3.63, 3.8) is 0 Å². The van der Waals surface area contributed by atoms with E-state index in [4.69, 9.17) is 9.47 Å². The van der Waals surface area contributed by atoms with Gasteiger partial charge in [0.05, 0.1) is 31.3 Å². The summed E-state index contributed by atoms with van der Waals surface area (Å²) in [5.74, 6) is 0.758. The third-order valence-corrected chi connectivity index (χ3v) is 3.30. The molecule has 1 aromatic rings. The summed E-state index contributed by atoms with van der Waals surface area (Å²) < 4.78 is 11.1. The molecule has 0 amide bonds. The number of rotatable bonds is 9. The molecular weight excluding hydrogens is 266 g/mol. The number of ether oxygens (including phenoxy) is 2. The Balaban J connectivity index is 2.99. The zero-order valence-electron chi connectivity index (χ0n) is 13.1. The zero-order chi connectivity index (χ0) is 15.7. The first-order valence-corrected chi connectivity index (χ1v) is 7.65. The van der Waals surface area contributed by atoms with Crippen molar-refractivity contribution < 1.29 is 14.6 Å². The molecule has 116 valence electrons. The van der Waals surface area contributed by atoms with Gasteiger partial charge < -0.3 is 14.6 Å². The SMILES string of the molecule is CCCCC(O)C(C#N)c1ccc(OCC)c(OCC)c1. The number of hydrogen-bond acceptors (Lipinski definition) is 4. The van der Waals surface area contributed by atoms with Gasteiger partial charge in [0.15, 0.2) is 11.5 Å². The predicted molar refractivity (Wildman–Crippen MR) is 82.7 cm³/mol. The first-order chi connectivity index (χ1) is 10.2. The predicted octanol–water partition coefficient (Wildman–Crippen LogP) is 3.64. The Morgan fingerprint density at radius 2 is 1.81 bits per heavy atom. The molecule has 1 rings (SSSR count). The molecule has 0 heterocycles. The van der Waals surface area contributed by atoms with E-state index in [1.54, 1.807) is 12.1 Å². The van der Waals surface area contributed by atoms with Crippen LogP contribution in [0.3, 0.4) is 0 Å². The summed E-state index contributed by atoms with van der Waals surface area (Å²) in [6, 6.07) is 7.64. The van der Waals surface area contributed by atoms with Crippen LogP contribution in [0.25, 0.3) is 0 Å². The summed E-state index contributed by atoms with van der Waals surface area (Å²) in [5, 5.41) is 19.6. The molecule has 0 fully saturated rings. The van der Waals surface area contributed by atoms with Gasteiger partial charge in [0.1, 0.15) is 0 Å². The number of hydrogen-bond donors (Lipinski definition) is 1. The van der Waals surface area contributed by atoms with Crippen LogP contribution in [0.15, 0.2) is 18.2 Å². The minimum Gasteiger partial charge on any atom is -0.490 e. The second kappa shape index (κ2) is 9.25. The minimum atomic E-state index is -0.651. The van der Waals surface area contributed by atoms with Crippen molar-refractivity contribution in [1.82, 2.24) is 0 Å². The monoisotopic (exact) mass is 291 g/mol. The molecule has 0 saturated heterocycles. The van der Waals surface area contributed by atoms with Gasteiger partial charge in [-0.3, -0.25) is 0 Å². The summed E-state index contributed by atoms with van der Waals surface area (Å²) >= 11 is 0. The molecular formula is C17H25NO3. The largest absolute Gasteiger partial charge is 0.490 e. The van der Waals surface area contributed by atoms with Crippen LogP contribution in [0.1, 0.15) is 51.5 Å². The van der Waals surface area contributed by atoms with E-state index in [9.17, 15) is 10.4 Å². The Labute approximate surface area is 127 Å². The Hall–Kier alpha value is -1.73. The highest BCUT2D eigenvalue weighted by atomic mass is 16.5. The number of aliphatic hydroxyl groups excluding tert-OH is 1. The first-order valence-electron chi connectivity index (χ1n) is 7.65. The molecule has 0 aliphatic carbocycles. The van der Waals surface area contributed by atoms with Gasteiger partial charge in [-0.1, -0.05) is 25.8 Å². The van der Waals surface area contributed by atoms with Crippen molar-refractivity contribution in [3.05, 3.63) is 23.8 Å². The third kappa shape index (κ3) is 4.95. The van der Waals surface area contributed by atoms with Gasteiger partial charge in [-0.05, 0) is 38.0 Å². The smallest absolute Gasteiger partial charge is 0.161 e. The molecule has 2 unspecified atom stereocenters. The van der Waals surface area contributed by atoms with Crippen molar-refractivity contribution in [2.24, 2.45) is 0 Å². The quantitative estimate of drug-likeness (QED) is 0.754. The second-order valence-electron chi connectivity index (χ2n) is 4.89. The van der Waals surface area contributed by atoms with Crippen molar-refractivity contribution >= 4 is 0 Å². The van der Waals surface area contributed by atoms with E-state index in [1.165, 1.54) is 0 Å². The summed E-state index contributed by atoms with van der Waals surface area (Å²) in [7, 11) is 0. The van der Waals surface area contributed by atoms with Crippen LogP contribution in [0.4, 0.5) is 0 Å². The molecule has 4 heteroatoms. The maximum atomic E-state index is 10.2. The molecule has 21 heavy (non-hydrogen) atoms. The number of unbranched alkanes of at least 4 members (excludes halogenated alkanes) is 1. The van der Waals surface area contributed by atoms with Crippen LogP contribution in [-0.4, -0.2) is 24.4 Å². The second-order valence-corrected chi connectivity index (χ2v) is 4.89. The Morgan fingerprint density at radius 1 is 1.14 bits per heavy atom. The van der Waals surface area contributed by atoms with Crippen molar-refractivity contribution in [3.8, 4) is 17.6 Å². The lowest BCUT2D eigenvalue weighted by Crippen LogP contribution is -2.17. The zero-order valence-corrected chi connectivity index (χ0v) is 13.1. The molecule has 0 bridgehead atoms. The molecule has 0 spiro atoms. The molecule has 0 radical (unpaired) electrons. The summed E-state index contributed by atoms with van der Waals surface area (Å²) in [6.07, 6.45) is 1.89. The van der Waals surface area contributed by atoms with Gasteiger partial charge in [0.25, 0.3) is 0 Å². The highest BCUT2D eigenvalue weighted by Gasteiger charge is 2.22. The molecule has 2 atom stereocenters. The number of nitriles is 1. The molecule has 0 aromatic heterocycles. The number of aliphatic hydroxyl groups is 1. The fourth-order valence-corrected chi connectivity index (χ4v) is 2.22. The van der Waals surface area contributed by atoms with Gasteiger partial charge >= 0.3 is 0 Å². The summed E-state index contributed by atoms with van der Waals surface area (Å²) in [6.45, 7) is 6.97. The van der Waals surface area contributed by atoms with Gasteiger partial charge in [0, 0.05) is 0 Å². The van der Waals surface area contributed by atoms with Crippen molar-refractivity contribution in [2.75, 3.05) is 13.2 Å². The van der Waals surface area contributed by atoms with Gasteiger partial charge in [-0.25, -0.2) is 0 Å². The number of nitrogens with zero attached hydrogens (tertiary/aromatic N) is 1. The Kier molecular flexibility index (Phi) is 7.63. The fraction of sp³-hybridized carbons (Fsp3) is 0.588. The van der Waals surface area contributed by atoms with Crippen LogP contribution in [-0.2, 0) is 0 Å². The Morgan fingerprint density at radius 3 is 2.38 bits per heavy atom. The van der Waals surface area contributed by atoms with Crippen LogP contribution < -0.4 is 9.47 Å². The van der Waals surface area contributed by atoms with E-state index in [-0.39, 0.29) is 0 Å². The van der Waals surface area contributed by atoms with Gasteiger partial charge in [-0.15, -0.1) is 0 Å². The van der Waals surface area contributed by atoms with E-state index in [0.29, 0.717) is 31.1 Å². The normalized spacial score (nSPS) is 13.3. The average Bonchev–Trinajstić information content (AvgIpc) is 2.49. The maximum Gasteiger partial charge on any atom is 0.161 e. The van der Waals surface area contributed by atoms with E-state index in [0.717, 1.165) is 18.4 Å². The average molecular weight is 291 g/mol. The lowest BCUT2D eigenvalue weighted by Gasteiger charge is -2.19. The highest BCUT2D eigenvalue weighted by Crippen LogP contribution is 2.33. The molecule has 4 nitrogen and oxygen atoms in total. The van der Waals surface area contributed by atoms with E-state index in [2.05, 4.69) is 13.0 Å². The van der Waals surface area contributed by atoms with Crippen LogP contribution in [0.2, 0.25) is 0 Å². The molecule has 1 N–H and O–H groups in total. The molecule has 0 aliphatic rings. The first kappa shape index (κ1) is 17.3. The minimum absolute atomic E-state index is 0.527. The van der Waals surface area contributed by atoms with Crippen LogP contribution in [0, 0.1) is 11.3 Å².